The smallest absolute Gasteiger partial charge is 0.178 e. The maximum absolute atomic E-state index is 14.3. The van der Waals surface area contributed by atoms with Crippen LogP contribution in [0.3, 0.4) is 0 Å². The molecule has 1 aromatic carbocycles. The highest BCUT2D eigenvalue weighted by atomic mass is 32.2. The number of rotatable bonds is 4. The molecule has 2 heterocycles. The molecule has 0 radical (unpaired) electrons. The maximum Gasteiger partial charge on any atom is 0.178 e. The molecule has 2 aliphatic heterocycles. The molecule has 2 saturated heterocycles. The Hall–Kier alpha value is -1.05. The molecule has 0 aromatic heterocycles. The zero-order chi connectivity index (χ0) is 18.0. The zero-order valence-corrected chi connectivity index (χ0v) is 15.4. The molecule has 4 nitrogen and oxygen atoms in total. The molecule has 1 atom stereocenters. The molecule has 2 aliphatic rings. The Labute approximate surface area is 148 Å². The molecule has 0 bridgehead atoms. The number of hydrogen-bond donors (Lipinski definition) is 1. The quantitative estimate of drug-likeness (QED) is 0.882. The molecule has 0 amide bonds. The minimum absolute atomic E-state index is 0.279. The second kappa shape index (κ2) is 7.68. The highest BCUT2D eigenvalue weighted by Gasteiger charge is 2.28. The predicted octanol–water partition coefficient (Wildman–Crippen LogP) is 2.37. The number of likely N-dealkylation sites (tertiary alicyclic amines) is 1. The van der Waals surface area contributed by atoms with Gasteiger partial charge in [-0.25, -0.2) is 17.2 Å². The van der Waals surface area contributed by atoms with Gasteiger partial charge in [-0.3, -0.25) is 0 Å². The Morgan fingerprint density at radius 3 is 2.56 bits per heavy atom. The van der Waals surface area contributed by atoms with Crippen LogP contribution in [-0.4, -0.2) is 51.8 Å². The summed E-state index contributed by atoms with van der Waals surface area (Å²) >= 11 is 0. The van der Waals surface area contributed by atoms with Crippen molar-refractivity contribution in [1.29, 1.82) is 0 Å². The van der Waals surface area contributed by atoms with E-state index in [-0.39, 0.29) is 11.5 Å². The molecular formula is C18H26F2N2O2S. The fourth-order valence-electron chi connectivity index (χ4n) is 4.09. The van der Waals surface area contributed by atoms with E-state index in [0.29, 0.717) is 12.5 Å². The first kappa shape index (κ1) is 18.7. The lowest BCUT2D eigenvalue weighted by molar-refractivity contribution is 0.102. The number of benzene rings is 1. The van der Waals surface area contributed by atoms with Crippen LogP contribution < -0.4 is 5.32 Å². The molecule has 0 spiro atoms. The number of piperidine rings is 2. The number of nitrogens with zero attached hydrogens (tertiary/aromatic N) is 1. The van der Waals surface area contributed by atoms with Gasteiger partial charge in [-0.1, -0.05) is 0 Å². The highest BCUT2D eigenvalue weighted by molar-refractivity contribution is 7.90. The van der Waals surface area contributed by atoms with Gasteiger partial charge in [-0.15, -0.1) is 0 Å². The van der Waals surface area contributed by atoms with Crippen LogP contribution in [0.1, 0.15) is 31.2 Å². The van der Waals surface area contributed by atoms with Crippen molar-refractivity contribution in [3.8, 4) is 0 Å². The minimum Gasteiger partial charge on any atom is -0.317 e. The lowest BCUT2D eigenvalue weighted by Crippen LogP contribution is -2.47. The summed E-state index contributed by atoms with van der Waals surface area (Å²) in [7, 11) is -3.76. The Kier molecular flexibility index (Phi) is 5.75. The van der Waals surface area contributed by atoms with Crippen LogP contribution in [0.15, 0.2) is 17.0 Å². The molecular weight excluding hydrogens is 346 g/mol. The van der Waals surface area contributed by atoms with Gasteiger partial charge in [0.2, 0.25) is 0 Å². The Morgan fingerprint density at radius 1 is 1.16 bits per heavy atom. The van der Waals surface area contributed by atoms with Crippen LogP contribution in [-0.2, 0) is 16.3 Å². The van der Waals surface area contributed by atoms with Crippen molar-refractivity contribution in [1.82, 2.24) is 10.2 Å². The summed E-state index contributed by atoms with van der Waals surface area (Å²) < 4.78 is 51.4. The summed E-state index contributed by atoms with van der Waals surface area (Å²) in [6.45, 7) is 4.06. The first-order chi connectivity index (χ1) is 11.8. The van der Waals surface area contributed by atoms with Crippen molar-refractivity contribution in [2.75, 3.05) is 32.4 Å². The Balaban J connectivity index is 1.70. The monoisotopic (exact) mass is 372 g/mol. The predicted molar refractivity (Wildman–Crippen MR) is 93.4 cm³/mol. The van der Waals surface area contributed by atoms with Crippen LogP contribution in [0, 0.1) is 17.6 Å². The maximum atomic E-state index is 14.3. The average Bonchev–Trinajstić information content (AvgIpc) is 2.58. The van der Waals surface area contributed by atoms with Gasteiger partial charge in [0, 0.05) is 18.8 Å². The lowest BCUT2D eigenvalue weighted by atomic mass is 9.89. The standard InChI is InChI=1S/C18H26F2N2O2S/c1-25(23,24)18-11-16(19)14(10-17(18)20)9-13-3-2-8-22(12-13)15-4-6-21-7-5-15/h10-11,13,15,21H,2-9,12H2,1H3/t13-/m1/s1. The summed E-state index contributed by atoms with van der Waals surface area (Å²) in [4.78, 5) is 1.93. The van der Waals surface area contributed by atoms with Crippen molar-refractivity contribution >= 4 is 9.84 Å². The molecule has 0 aliphatic carbocycles. The van der Waals surface area contributed by atoms with Gasteiger partial charge in [-0.2, -0.15) is 0 Å². The molecule has 1 aromatic rings. The van der Waals surface area contributed by atoms with E-state index in [9.17, 15) is 17.2 Å². The van der Waals surface area contributed by atoms with Gasteiger partial charge in [0.15, 0.2) is 9.84 Å². The van der Waals surface area contributed by atoms with Crippen molar-refractivity contribution in [3.63, 3.8) is 0 Å². The Morgan fingerprint density at radius 2 is 1.88 bits per heavy atom. The van der Waals surface area contributed by atoms with Crippen molar-refractivity contribution in [3.05, 3.63) is 29.3 Å². The van der Waals surface area contributed by atoms with Gasteiger partial charge in [0.1, 0.15) is 16.5 Å². The van der Waals surface area contributed by atoms with Crippen LogP contribution >= 0.6 is 0 Å². The number of hydrogen-bond acceptors (Lipinski definition) is 4. The second-order valence-electron chi connectivity index (χ2n) is 7.33. The lowest BCUT2D eigenvalue weighted by Gasteiger charge is -2.40. The summed E-state index contributed by atoms with van der Waals surface area (Å²) in [5, 5.41) is 3.37. The summed E-state index contributed by atoms with van der Waals surface area (Å²) in [6.07, 6.45) is 5.69. The van der Waals surface area contributed by atoms with Crippen LogP contribution in [0.5, 0.6) is 0 Å². The van der Waals surface area contributed by atoms with Crippen LogP contribution in [0.2, 0.25) is 0 Å². The average molecular weight is 372 g/mol. The van der Waals surface area contributed by atoms with E-state index in [2.05, 4.69) is 10.2 Å². The Bertz CT molecular complexity index is 718. The summed E-state index contributed by atoms with van der Waals surface area (Å²) in [6, 6.07) is 2.47. The van der Waals surface area contributed by atoms with E-state index in [1.54, 1.807) is 0 Å². The SMILES string of the molecule is CS(=O)(=O)c1cc(F)c(C[C@H]2CCCN(C3CCNCC3)C2)cc1F. The third-order valence-corrected chi connectivity index (χ3v) is 6.50. The first-order valence-electron chi connectivity index (χ1n) is 8.97. The molecule has 1 N–H and O–H groups in total. The van der Waals surface area contributed by atoms with Crippen molar-refractivity contribution in [2.24, 2.45) is 5.92 Å². The highest BCUT2D eigenvalue weighted by Crippen LogP contribution is 2.27. The van der Waals surface area contributed by atoms with E-state index in [1.807, 2.05) is 0 Å². The fraction of sp³-hybridized carbons (Fsp3) is 0.667. The molecule has 0 saturated carbocycles. The zero-order valence-electron chi connectivity index (χ0n) is 14.6. The van der Waals surface area contributed by atoms with Crippen molar-refractivity contribution < 1.29 is 17.2 Å². The fourth-order valence-corrected chi connectivity index (χ4v) is 4.82. The van der Waals surface area contributed by atoms with E-state index < -0.39 is 26.4 Å². The normalized spacial score (nSPS) is 23.7. The third-order valence-electron chi connectivity index (χ3n) is 5.38. The third kappa shape index (κ3) is 4.57. The van der Waals surface area contributed by atoms with Gasteiger partial charge in [0.05, 0.1) is 0 Å². The topological polar surface area (TPSA) is 49.4 Å². The number of nitrogens with one attached hydrogen (secondary N) is 1. The molecule has 25 heavy (non-hydrogen) atoms. The molecule has 7 heteroatoms. The molecule has 3 rings (SSSR count). The summed E-state index contributed by atoms with van der Waals surface area (Å²) in [5.74, 6) is -1.20. The number of sulfone groups is 1. The van der Waals surface area contributed by atoms with Gasteiger partial charge >= 0.3 is 0 Å². The van der Waals surface area contributed by atoms with E-state index in [4.69, 9.17) is 0 Å². The molecule has 140 valence electrons. The van der Waals surface area contributed by atoms with Gasteiger partial charge < -0.3 is 10.2 Å². The van der Waals surface area contributed by atoms with Crippen LogP contribution in [0.4, 0.5) is 8.78 Å². The van der Waals surface area contributed by atoms with Crippen molar-refractivity contribution in [2.45, 2.75) is 43.0 Å². The number of halogens is 2. The van der Waals surface area contributed by atoms with Crippen LogP contribution in [0.25, 0.3) is 0 Å². The second-order valence-corrected chi connectivity index (χ2v) is 9.32. The van der Waals surface area contributed by atoms with Gasteiger partial charge in [-0.05, 0) is 75.4 Å². The van der Waals surface area contributed by atoms with E-state index >= 15 is 0 Å². The summed E-state index contributed by atoms with van der Waals surface area (Å²) in [5.41, 5.74) is 0.280. The largest absolute Gasteiger partial charge is 0.317 e. The first-order valence-corrected chi connectivity index (χ1v) is 10.9. The van der Waals surface area contributed by atoms with E-state index in [1.165, 1.54) is 0 Å². The molecule has 2 fully saturated rings. The van der Waals surface area contributed by atoms with E-state index in [0.717, 1.165) is 70.3 Å². The minimum atomic E-state index is -3.76. The van der Waals surface area contributed by atoms with Gasteiger partial charge in [0.25, 0.3) is 0 Å². The molecule has 0 unspecified atom stereocenters.